The van der Waals surface area contributed by atoms with Crippen LogP contribution in [0.3, 0.4) is 0 Å². The molecule has 0 aliphatic rings. The minimum Gasteiger partial charge on any atom is -0.482 e. The average Bonchev–Trinajstić information content (AvgIpc) is 3.24. The van der Waals surface area contributed by atoms with E-state index in [1.165, 1.54) is 7.11 Å². The first-order valence-electron chi connectivity index (χ1n) is 9.73. The minimum absolute atomic E-state index is 0.223. The Kier molecular flexibility index (Phi) is 5.93. The zero-order valence-corrected chi connectivity index (χ0v) is 16.9. The molecular formula is C24H21N3O4. The van der Waals surface area contributed by atoms with Gasteiger partial charge >= 0.3 is 5.97 Å². The van der Waals surface area contributed by atoms with Crippen LogP contribution in [0.2, 0.25) is 0 Å². The molecule has 7 heteroatoms. The van der Waals surface area contributed by atoms with Crippen molar-refractivity contribution in [1.29, 1.82) is 0 Å². The van der Waals surface area contributed by atoms with Gasteiger partial charge in [-0.3, -0.25) is 4.79 Å². The number of esters is 1. The third-order valence-electron chi connectivity index (χ3n) is 4.84. The van der Waals surface area contributed by atoms with Crippen molar-refractivity contribution < 1.29 is 19.1 Å². The van der Waals surface area contributed by atoms with E-state index in [2.05, 4.69) is 39.4 Å². The van der Waals surface area contributed by atoms with E-state index < -0.39 is 5.97 Å². The SMILES string of the molecule is COC(=O)COc1cccc(C(=O)Nc2ccnn2Cc2cccc3ccccc23)c1. The zero-order chi connectivity index (χ0) is 21.6. The molecule has 0 radical (unpaired) electrons. The number of hydrogen-bond donors (Lipinski definition) is 1. The fourth-order valence-electron chi connectivity index (χ4n) is 3.27. The van der Waals surface area contributed by atoms with E-state index in [1.807, 2.05) is 18.2 Å². The van der Waals surface area contributed by atoms with Crippen molar-refractivity contribution in [2.24, 2.45) is 0 Å². The fraction of sp³-hybridized carbons (Fsp3) is 0.125. The van der Waals surface area contributed by atoms with Crippen LogP contribution >= 0.6 is 0 Å². The molecule has 0 unspecified atom stereocenters. The molecule has 0 aliphatic heterocycles. The van der Waals surface area contributed by atoms with Crippen LogP contribution < -0.4 is 10.1 Å². The van der Waals surface area contributed by atoms with E-state index in [-0.39, 0.29) is 12.5 Å². The third-order valence-corrected chi connectivity index (χ3v) is 4.84. The van der Waals surface area contributed by atoms with E-state index in [4.69, 9.17) is 4.74 Å². The van der Waals surface area contributed by atoms with Crippen LogP contribution in [0.15, 0.2) is 79.0 Å². The topological polar surface area (TPSA) is 82.4 Å². The Morgan fingerprint density at radius 1 is 1.00 bits per heavy atom. The number of anilines is 1. The predicted molar refractivity (Wildman–Crippen MR) is 117 cm³/mol. The molecule has 1 amide bonds. The molecule has 1 aromatic heterocycles. The van der Waals surface area contributed by atoms with Crippen LogP contribution in [0.25, 0.3) is 10.8 Å². The van der Waals surface area contributed by atoms with Crippen LogP contribution in [-0.2, 0) is 16.1 Å². The Bertz CT molecular complexity index is 1230. The van der Waals surface area contributed by atoms with Crippen LogP contribution in [0.4, 0.5) is 5.82 Å². The largest absolute Gasteiger partial charge is 0.482 e. The van der Waals surface area contributed by atoms with Gasteiger partial charge in [0.05, 0.1) is 19.9 Å². The molecule has 0 spiro atoms. The van der Waals surface area contributed by atoms with Crippen LogP contribution in [-0.4, -0.2) is 35.4 Å². The molecule has 0 saturated carbocycles. The average molecular weight is 415 g/mol. The summed E-state index contributed by atoms with van der Waals surface area (Å²) in [5.41, 5.74) is 1.51. The van der Waals surface area contributed by atoms with Crippen LogP contribution in [0.1, 0.15) is 15.9 Å². The Morgan fingerprint density at radius 3 is 2.68 bits per heavy atom. The number of rotatable bonds is 7. The van der Waals surface area contributed by atoms with Crippen molar-refractivity contribution in [3.63, 3.8) is 0 Å². The second kappa shape index (κ2) is 9.13. The van der Waals surface area contributed by atoms with E-state index >= 15 is 0 Å². The highest BCUT2D eigenvalue weighted by atomic mass is 16.6. The van der Waals surface area contributed by atoms with E-state index in [1.54, 1.807) is 41.2 Å². The van der Waals surface area contributed by atoms with Crippen LogP contribution in [0, 0.1) is 0 Å². The van der Waals surface area contributed by atoms with Gasteiger partial charge in [-0.2, -0.15) is 5.10 Å². The lowest BCUT2D eigenvalue weighted by atomic mass is 10.0. The van der Waals surface area contributed by atoms with Gasteiger partial charge in [-0.15, -0.1) is 0 Å². The fourth-order valence-corrected chi connectivity index (χ4v) is 3.27. The van der Waals surface area contributed by atoms with Crippen molar-refractivity contribution in [3.8, 4) is 5.75 Å². The van der Waals surface area contributed by atoms with Gasteiger partial charge in [-0.1, -0.05) is 48.5 Å². The number of amides is 1. The molecule has 0 saturated heterocycles. The monoisotopic (exact) mass is 415 g/mol. The minimum atomic E-state index is -0.493. The first-order valence-corrected chi connectivity index (χ1v) is 9.73. The van der Waals surface area contributed by atoms with Gasteiger partial charge in [-0.25, -0.2) is 9.48 Å². The highest BCUT2D eigenvalue weighted by Crippen LogP contribution is 2.21. The molecule has 31 heavy (non-hydrogen) atoms. The van der Waals surface area contributed by atoms with Gasteiger partial charge in [0.1, 0.15) is 11.6 Å². The molecule has 0 fully saturated rings. The number of nitrogens with zero attached hydrogens (tertiary/aromatic N) is 2. The van der Waals surface area contributed by atoms with Gasteiger partial charge in [0, 0.05) is 11.6 Å². The van der Waals surface area contributed by atoms with E-state index in [0.717, 1.165) is 16.3 Å². The molecule has 4 rings (SSSR count). The Labute approximate surface area is 179 Å². The molecular weight excluding hydrogens is 394 g/mol. The number of methoxy groups -OCH3 is 1. The Balaban J connectivity index is 1.49. The van der Waals surface area contributed by atoms with E-state index in [0.29, 0.717) is 23.7 Å². The lowest BCUT2D eigenvalue weighted by Gasteiger charge is -2.12. The smallest absolute Gasteiger partial charge is 0.343 e. The summed E-state index contributed by atoms with van der Waals surface area (Å²) in [6, 6.07) is 22.7. The van der Waals surface area contributed by atoms with Crippen molar-refractivity contribution in [2.45, 2.75) is 6.54 Å². The number of ether oxygens (including phenoxy) is 2. The molecule has 156 valence electrons. The molecule has 0 atom stereocenters. The molecule has 0 bridgehead atoms. The summed E-state index contributed by atoms with van der Waals surface area (Å²) in [7, 11) is 1.29. The highest BCUT2D eigenvalue weighted by Gasteiger charge is 2.12. The Morgan fingerprint density at radius 2 is 1.81 bits per heavy atom. The van der Waals surface area contributed by atoms with Crippen molar-refractivity contribution in [1.82, 2.24) is 9.78 Å². The number of fused-ring (bicyclic) bond motifs is 1. The number of benzene rings is 3. The second-order valence-corrected chi connectivity index (χ2v) is 6.86. The van der Waals surface area contributed by atoms with Gasteiger partial charge in [0.25, 0.3) is 5.91 Å². The maximum Gasteiger partial charge on any atom is 0.343 e. The van der Waals surface area contributed by atoms with Gasteiger partial charge < -0.3 is 14.8 Å². The zero-order valence-electron chi connectivity index (χ0n) is 16.9. The summed E-state index contributed by atoms with van der Waals surface area (Å²) in [4.78, 5) is 24.0. The normalized spacial score (nSPS) is 10.6. The number of nitrogens with one attached hydrogen (secondary N) is 1. The summed E-state index contributed by atoms with van der Waals surface area (Å²) in [5, 5.41) is 9.56. The molecule has 1 N–H and O–H groups in total. The predicted octanol–water partition coefficient (Wildman–Crippen LogP) is 3.89. The van der Waals surface area contributed by atoms with E-state index in [9.17, 15) is 9.59 Å². The maximum atomic E-state index is 12.8. The Hall–Kier alpha value is -4.13. The molecule has 4 aromatic rings. The number of carbonyl (C=O) groups is 2. The number of aromatic nitrogens is 2. The van der Waals surface area contributed by atoms with Gasteiger partial charge in [-0.05, 0) is 34.5 Å². The first-order chi connectivity index (χ1) is 15.1. The summed E-state index contributed by atoms with van der Waals surface area (Å²) < 4.78 is 11.7. The summed E-state index contributed by atoms with van der Waals surface area (Å²) >= 11 is 0. The van der Waals surface area contributed by atoms with Gasteiger partial charge in [0.15, 0.2) is 6.61 Å². The first kappa shape index (κ1) is 20.2. The lowest BCUT2D eigenvalue weighted by molar-refractivity contribution is -0.142. The molecule has 3 aromatic carbocycles. The highest BCUT2D eigenvalue weighted by molar-refractivity contribution is 6.04. The van der Waals surface area contributed by atoms with Crippen LogP contribution in [0.5, 0.6) is 5.75 Å². The summed E-state index contributed by atoms with van der Waals surface area (Å²) in [6.07, 6.45) is 1.65. The quantitative estimate of drug-likeness (QED) is 0.463. The number of carbonyl (C=O) groups excluding carboxylic acids is 2. The molecule has 7 nitrogen and oxygen atoms in total. The maximum absolute atomic E-state index is 12.8. The molecule has 0 aliphatic carbocycles. The summed E-state index contributed by atoms with van der Waals surface area (Å²) in [5.74, 6) is 0.191. The standard InChI is InChI=1S/C24H21N3O4/c1-30-23(28)16-31-20-10-5-8-18(14-20)24(29)26-22-12-13-25-27(22)15-19-9-4-7-17-6-2-3-11-21(17)19/h2-14H,15-16H2,1H3,(H,26,29). The third kappa shape index (κ3) is 4.72. The number of hydrogen-bond acceptors (Lipinski definition) is 5. The van der Waals surface area contributed by atoms with Gasteiger partial charge in [0.2, 0.25) is 0 Å². The van der Waals surface area contributed by atoms with Crippen molar-refractivity contribution in [3.05, 3.63) is 90.1 Å². The molecule has 1 heterocycles. The summed E-state index contributed by atoms with van der Waals surface area (Å²) in [6.45, 7) is 0.297. The lowest BCUT2D eigenvalue weighted by Crippen LogP contribution is -2.17. The van der Waals surface area contributed by atoms with Crippen molar-refractivity contribution >= 4 is 28.5 Å². The second-order valence-electron chi connectivity index (χ2n) is 6.86. The van der Waals surface area contributed by atoms with Crippen molar-refractivity contribution in [2.75, 3.05) is 19.0 Å².